The maximum atomic E-state index is 4.88. The largest absolute Gasteiger partial charge is 0.236 e. The zero-order chi connectivity index (χ0) is 19.6. The van der Waals surface area contributed by atoms with Crippen molar-refractivity contribution in [3.63, 3.8) is 0 Å². The van der Waals surface area contributed by atoms with Gasteiger partial charge in [-0.25, -0.2) is 9.50 Å². The molecule has 0 saturated heterocycles. The molecule has 0 bridgehead atoms. The maximum Gasteiger partial charge on any atom is 0.170 e. The van der Waals surface area contributed by atoms with Crippen molar-refractivity contribution >= 4 is 29.2 Å². The van der Waals surface area contributed by atoms with Crippen molar-refractivity contribution in [3.05, 3.63) is 47.8 Å². The second kappa shape index (κ2) is 11.4. The summed E-state index contributed by atoms with van der Waals surface area (Å²) in [6.07, 6.45) is 10.2. The van der Waals surface area contributed by atoms with Crippen LogP contribution in [0.15, 0.2) is 51.3 Å². The molecule has 1 aromatic carbocycles. The van der Waals surface area contributed by atoms with Gasteiger partial charge in [-0.05, 0) is 49.6 Å². The average molecular weight is 402 g/mol. The average Bonchev–Trinajstić information content (AvgIpc) is 2.92. The number of nitrogens with zero attached hydrogens (tertiary/aromatic N) is 3. The van der Waals surface area contributed by atoms with Crippen molar-refractivity contribution in [2.75, 3.05) is 6.26 Å². The molecule has 0 amide bonds. The quantitative estimate of drug-likeness (QED) is 0.352. The van der Waals surface area contributed by atoms with Crippen LogP contribution in [-0.4, -0.2) is 20.9 Å². The first-order valence-corrected chi connectivity index (χ1v) is 12.1. The van der Waals surface area contributed by atoms with Crippen molar-refractivity contribution in [2.24, 2.45) is 0 Å². The molecule has 3 nitrogen and oxygen atoms in total. The second-order valence-electron chi connectivity index (χ2n) is 5.78. The van der Waals surface area contributed by atoms with E-state index < -0.39 is 0 Å². The molecule has 5 heteroatoms. The van der Waals surface area contributed by atoms with Gasteiger partial charge >= 0.3 is 0 Å². The lowest BCUT2D eigenvalue weighted by atomic mass is 10.1. The molecule has 3 aromatic rings. The fraction of sp³-hybridized carbons (Fsp3) is 0.455. The third-order valence-electron chi connectivity index (χ3n) is 4.27. The van der Waals surface area contributed by atoms with E-state index in [9.17, 15) is 0 Å². The van der Waals surface area contributed by atoms with Crippen molar-refractivity contribution in [1.29, 1.82) is 0 Å². The summed E-state index contributed by atoms with van der Waals surface area (Å²) >= 11 is 3.47. The van der Waals surface area contributed by atoms with Crippen molar-refractivity contribution < 1.29 is 0 Å². The van der Waals surface area contributed by atoms with E-state index in [-0.39, 0.29) is 0 Å². The Hall–Kier alpha value is -1.46. The Bertz CT molecular complexity index is 828. The minimum absolute atomic E-state index is 1.00. The second-order valence-corrected chi connectivity index (χ2v) is 7.66. The van der Waals surface area contributed by atoms with Crippen LogP contribution >= 0.6 is 23.5 Å². The minimum atomic E-state index is 1.00. The topological polar surface area (TPSA) is 30.2 Å². The molecule has 0 saturated carbocycles. The van der Waals surface area contributed by atoms with Crippen molar-refractivity contribution in [1.82, 2.24) is 14.6 Å². The van der Waals surface area contributed by atoms with Gasteiger partial charge in [-0.1, -0.05) is 64.1 Å². The predicted molar refractivity (Wildman–Crippen MR) is 119 cm³/mol. The summed E-state index contributed by atoms with van der Waals surface area (Å²) in [4.78, 5) is 7.17. The fourth-order valence-electron chi connectivity index (χ4n) is 3.12. The Morgan fingerprint density at radius 3 is 2.33 bits per heavy atom. The molecule has 27 heavy (non-hydrogen) atoms. The van der Waals surface area contributed by atoms with Crippen molar-refractivity contribution in [3.8, 4) is 0 Å². The first-order chi connectivity index (χ1) is 13.4. The highest BCUT2D eigenvalue weighted by Gasteiger charge is 2.20. The minimum Gasteiger partial charge on any atom is -0.236 e. The molecule has 0 aliphatic heterocycles. The van der Waals surface area contributed by atoms with Gasteiger partial charge in [-0.3, -0.25) is 0 Å². The molecule has 2 aromatic heterocycles. The molecule has 2 heterocycles. The number of rotatable bonds is 3. The van der Waals surface area contributed by atoms with E-state index in [0.29, 0.717) is 0 Å². The van der Waals surface area contributed by atoms with Gasteiger partial charge in [0.1, 0.15) is 5.03 Å². The van der Waals surface area contributed by atoms with Gasteiger partial charge in [0.25, 0.3) is 0 Å². The Kier molecular flexibility index (Phi) is 9.22. The molecule has 146 valence electrons. The zero-order valence-electron chi connectivity index (χ0n) is 17.2. The van der Waals surface area contributed by atoms with Gasteiger partial charge in [-0.15, -0.1) is 11.8 Å². The Morgan fingerprint density at radius 1 is 0.926 bits per heavy atom. The standard InChI is InChI=1S/C18H19N3S2.2C2H6/c1-22-18-16(23-14-9-5-3-6-10-14)17-19-12-13-8-4-2-7-11-15(13)21(17)20-18;2*1-2/h3,5-6,9-10,12H,2,4,7-8,11H2,1H3;2*1-2H3. The van der Waals surface area contributed by atoms with Gasteiger partial charge < -0.3 is 0 Å². The lowest BCUT2D eigenvalue weighted by Gasteiger charge is -2.07. The first-order valence-electron chi connectivity index (χ1n) is 10.0. The number of aryl methyl sites for hydroxylation is 2. The fourth-order valence-corrected chi connectivity index (χ4v) is 4.82. The van der Waals surface area contributed by atoms with Crippen LogP contribution in [-0.2, 0) is 12.8 Å². The lowest BCUT2D eigenvalue weighted by molar-refractivity contribution is 0.700. The highest BCUT2D eigenvalue weighted by atomic mass is 32.2. The van der Waals surface area contributed by atoms with Gasteiger partial charge in [0.15, 0.2) is 5.65 Å². The molecule has 4 rings (SSSR count). The summed E-state index contributed by atoms with van der Waals surface area (Å²) in [7, 11) is 0. The summed E-state index contributed by atoms with van der Waals surface area (Å²) in [6.45, 7) is 8.00. The third kappa shape index (κ3) is 5.08. The highest BCUT2D eigenvalue weighted by molar-refractivity contribution is 8.02. The molecule has 0 N–H and O–H groups in total. The Balaban J connectivity index is 0.000000614. The lowest BCUT2D eigenvalue weighted by Crippen LogP contribution is -2.04. The molecular weight excluding hydrogens is 370 g/mol. The Morgan fingerprint density at radius 2 is 1.63 bits per heavy atom. The van der Waals surface area contributed by atoms with Gasteiger partial charge in [0.2, 0.25) is 0 Å². The number of thioether (sulfide) groups is 1. The number of aromatic nitrogens is 3. The van der Waals surface area contributed by atoms with Gasteiger partial charge in [0, 0.05) is 16.8 Å². The van der Waals surface area contributed by atoms with Crippen LogP contribution in [0.3, 0.4) is 0 Å². The third-order valence-corrected chi connectivity index (χ3v) is 6.16. The number of benzene rings is 1. The van der Waals surface area contributed by atoms with Crippen LogP contribution in [0.2, 0.25) is 0 Å². The summed E-state index contributed by atoms with van der Waals surface area (Å²) < 4.78 is 2.11. The van der Waals surface area contributed by atoms with Crippen molar-refractivity contribution in [2.45, 2.75) is 74.6 Å². The van der Waals surface area contributed by atoms with E-state index >= 15 is 0 Å². The summed E-state index contributed by atoms with van der Waals surface area (Å²) in [5.74, 6) is 0. The first kappa shape index (κ1) is 21.8. The molecule has 0 radical (unpaired) electrons. The summed E-state index contributed by atoms with van der Waals surface area (Å²) in [5, 5.41) is 5.95. The number of hydrogen-bond acceptors (Lipinski definition) is 4. The van der Waals surface area contributed by atoms with E-state index in [1.54, 1.807) is 23.5 Å². The van der Waals surface area contributed by atoms with Crippen LogP contribution in [0.25, 0.3) is 5.65 Å². The molecule has 0 unspecified atom stereocenters. The molecular formula is C22H31N3S2. The van der Waals surface area contributed by atoms with E-state index in [1.165, 1.54) is 40.3 Å². The molecule has 0 spiro atoms. The molecule has 0 fully saturated rings. The zero-order valence-corrected chi connectivity index (χ0v) is 18.8. The van der Waals surface area contributed by atoms with E-state index in [1.807, 2.05) is 33.8 Å². The molecule has 0 atom stereocenters. The van der Waals surface area contributed by atoms with Crippen LogP contribution in [0, 0.1) is 0 Å². The predicted octanol–water partition coefficient (Wildman–Crippen LogP) is 6.92. The smallest absolute Gasteiger partial charge is 0.170 e. The van der Waals surface area contributed by atoms with Crippen LogP contribution in [0.5, 0.6) is 0 Å². The van der Waals surface area contributed by atoms with E-state index in [2.05, 4.69) is 41.2 Å². The number of hydrogen-bond donors (Lipinski definition) is 0. The Labute approximate surface area is 172 Å². The monoisotopic (exact) mass is 401 g/mol. The summed E-state index contributed by atoms with van der Waals surface area (Å²) in [5.41, 5.74) is 3.74. The molecule has 1 aliphatic rings. The summed E-state index contributed by atoms with van der Waals surface area (Å²) in [6, 6.07) is 10.5. The van der Waals surface area contributed by atoms with Crippen LogP contribution in [0.4, 0.5) is 0 Å². The normalized spacial score (nSPS) is 12.9. The van der Waals surface area contributed by atoms with E-state index in [4.69, 9.17) is 10.1 Å². The van der Waals surface area contributed by atoms with Crippen LogP contribution in [0.1, 0.15) is 58.2 Å². The maximum absolute atomic E-state index is 4.88. The van der Waals surface area contributed by atoms with Gasteiger partial charge in [-0.2, -0.15) is 5.10 Å². The van der Waals surface area contributed by atoms with Crippen LogP contribution < -0.4 is 0 Å². The number of fused-ring (bicyclic) bond motifs is 3. The highest BCUT2D eigenvalue weighted by Crippen LogP contribution is 2.37. The molecule has 1 aliphatic carbocycles. The van der Waals surface area contributed by atoms with E-state index in [0.717, 1.165) is 23.5 Å². The SMILES string of the molecule is CC.CC.CSc1nn2c3c(cnc2c1Sc1ccccc1)CCCCC3. The van der Waals surface area contributed by atoms with Gasteiger partial charge in [0.05, 0.1) is 4.90 Å².